The normalized spacial score (nSPS) is 17.7. The first kappa shape index (κ1) is 12.7. The van der Waals surface area contributed by atoms with Crippen molar-refractivity contribution in [1.82, 2.24) is 9.78 Å². The number of hydrogen-bond donors (Lipinski definition) is 1. The lowest BCUT2D eigenvalue weighted by Crippen LogP contribution is -2.04. The van der Waals surface area contributed by atoms with Crippen molar-refractivity contribution in [3.63, 3.8) is 0 Å². The Bertz CT molecular complexity index is 649. The molecule has 7 heteroatoms. The Kier molecular flexibility index (Phi) is 3.08. The van der Waals surface area contributed by atoms with Crippen molar-refractivity contribution in [2.24, 2.45) is 0 Å². The summed E-state index contributed by atoms with van der Waals surface area (Å²) in [5, 5.41) is 13.9. The first-order valence-electron chi connectivity index (χ1n) is 5.73. The number of rotatable bonds is 2. The first-order chi connectivity index (χ1) is 9.11. The molecule has 0 aliphatic carbocycles. The van der Waals surface area contributed by atoms with E-state index in [2.05, 4.69) is 5.10 Å². The van der Waals surface area contributed by atoms with Gasteiger partial charge < -0.3 is 9.84 Å². The Morgan fingerprint density at radius 2 is 2.47 bits per heavy atom. The van der Waals surface area contributed by atoms with Crippen molar-refractivity contribution in [1.29, 1.82) is 0 Å². The third-order valence-corrected chi connectivity index (χ3v) is 4.69. The monoisotopic (exact) mass is 298 g/mol. The van der Waals surface area contributed by atoms with Crippen LogP contribution < -0.4 is 0 Å². The number of ether oxygens (including phenoxy) is 1. The van der Waals surface area contributed by atoms with Crippen molar-refractivity contribution in [3.05, 3.63) is 27.0 Å². The van der Waals surface area contributed by atoms with Gasteiger partial charge in [0.15, 0.2) is 0 Å². The number of aromatic carboxylic acids is 1. The smallest absolute Gasteiger partial charge is 0.345 e. The highest BCUT2D eigenvalue weighted by molar-refractivity contribution is 7.14. The van der Waals surface area contributed by atoms with E-state index in [1.165, 1.54) is 11.3 Å². The fourth-order valence-electron chi connectivity index (χ4n) is 2.33. The second-order valence-electron chi connectivity index (χ2n) is 4.27. The Morgan fingerprint density at radius 1 is 1.68 bits per heavy atom. The second-order valence-corrected chi connectivity index (χ2v) is 5.76. The van der Waals surface area contributed by atoms with Crippen LogP contribution in [0.15, 0.2) is 12.3 Å². The van der Waals surface area contributed by atoms with Crippen molar-refractivity contribution >= 4 is 28.9 Å². The summed E-state index contributed by atoms with van der Waals surface area (Å²) in [5.41, 5.74) is 1.59. The fraction of sp³-hybridized carbons (Fsp3) is 0.333. The lowest BCUT2D eigenvalue weighted by Gasteiger charge is -2.11. The number of carboxylic acid groups (broad SMARTS) is 1. The third kappa shape index (κ3) is 1.96. The van der Waals surface area contributed by atoms with Gasteiger partial charge >= 0.3 is 5.97 Å². The van der Waals surface area contributed by atoms with Crippen LogP contribution in [0.3, 0.4) is 0 Å². The predicted molar refractivity (Wildman–Crippen MR) is 71.9 cm³/mol. The molecule has 0 saturated carbocycles. The van der Waals surface area contributed by atoms with Crippen LogP contribution in [0.1, 0.15) is 27.1 Å². The number of methoxy groups -OCH3 is 1. The van der Waals surface area contributed by atoms with Crippen molar-refractivity contribution in [2.45, 2.75) is 19.1 Å². The van der Waals surface area contributed by atoms with E-state index in [0.717, 1.165) is 22.6 Å². The van der Waals surface area contributed by atoms with E-state index in [4.69, 9.17) is 21.4 Å². The van der Waals surface area contributed by atoms with Crippen LogP contribution in [-0.2, 0) is 11.3 Å². The molecule has 0 bridgehead atoms. The number of carbonyl (C=O) groups is 1. The zero-order valence-electron chi connectivity index (χ0n) is 10.1. The van der Waals surface area contributed by atoms with Gasteiger partial charge in [0.2, 0.25) is 0 Å². The maximum Gasteiger partial charge on any atom is 0.345 e. The van der Waals surface area contributed by atoms with Gasteiger partial charge in [-0.1, -0.05) is 11.6 Å². The molecule has 0 spiro atoms. The molecule has 1 aliphatic heterocycles. The molecule has 2 aromatic heterocycles. The van der Waals surface area contributed by atoms with Crippen molar-refractivity contribution in [3.8, 4) is 11.3 Å². The summed E-state index contributed by atoms with van der Waals surface area (Å²) >= 11 is 7.41. The topological polar surface area (TPSA) is 64.4 Å². The highest BCUT2D eigenvalue weighted by Crippen LogP contribution is 2.43. The SMILES string of the molecule is COC1CCn2ncc(Cl)c2-c2cc(C(=O)O)sc21. The van der Waals surface area contributed by atoms with E-state index in [1.54, 1.807) is 24.1 Å². The minimum absolute atomic E-state index is 0.120. The molecule has 100 valence electrons. The Balaban J connectivity index is 2.24. The quantitative estimate of drug-likeness (QED) is 0.925. The van der Waals surface area contributed by atoms with Gasteiger partial charge in [0, 0.05) is 24.1 Å². The van der Waals surface area contributed by atoms with Crippen molar-refractivity contribution < 1.29 is 14.6 Å². The number of aryl methyl sites for hydroxylation is 1. The molecular weight excluding hydrogens is 288 g/mol. The Hall–Kier alpha value is -1.37. The number of carboxylic acids is 1. The van der Waals surface area contributed by atoms with E-state index in [-0.39, 0.29) is 11.0 Å². The van der Waals surface area contributed by atoms with Crippen LogP contribution in [0.4, 0.5) is 0 Å². The number of halogens is 1. The highest BCUT2D eigenvalue weighted by atomic mass is 35.5. The van der Waals surface area contributed by atoms with Crippen LogP contribution in [0.25, 0.3) is 11.3 Å². The molecule has 0 aromatic carbocycles. The lowest BCUT2D eigenvalue weighted by molar-refractivity contribution is 0.0702. The molecule has 3 rings (SSSR count). The summed E-state index contributed by atoms with van der Waals surface area (Å²) in [7, 11) is 1.63. The zero-order chi connectivity index (χ0) is 13.6. The third-order valence-electron chi connectivity index (χ3n) is 3.20. The average molecular weight is 299 g/mol. The second kappa shape index (κ2) is 4.63. The van der Waals surface area contributed by atoms with E-state index < -0.39 is 5.97 Å². The first-order valence-corrected chi connectivity index (χ1v) is 6.92. The van der Waals surface area contributed by atoms with E-state index in [1.807, 2.05) is 0 Å². The fourth-order valence-corrected chi connectivity index (χ4v) is 3.69. The maximum absolute atomic E-state index is 11.1. The molecule has 0 amide bonds. The van der Waals surface area contributed by atoms with Crippen LogP contribution >= 0.6 is 22.9 Å². The number of thiophene rings is 1. The van der Waals surface area contributed by atoms with E-state index in [9.17, 15) is 4.79 Å². The molecule has 0 radical (unpaired) electrons. The van der Waals surface area contributed by atoms with Crippen LogP contribution in [0.5, 0.6) is 0 Å². The average Bonchev–Trinajstić information content (AvgIpc) is 2.91. The van der Waals surface area contributed by atoms with Gasteiger partial charge in [-0.2, -0.15) is 5.10 Å². The summed E-state index contributed by atoms with van der Waals surface area (Å²) in [6, 6.07) is 1.65. The molecule has 1 unspecified atom stereocenters. The summed E-state index contributed by atoms with van der Waals surface area (Å²) in [4.78, 5) is 12.3. The lowest BCUT2D eigenvalue weighted by atomic mass is 10.1. The van der Waals surface area contributed by atoms with Gasteiger partial charge in [-0.25, -0.2) is 4.79 Å². The van der Waals surface area contributed by atoms with E-state index >= 15 is 0 Å². The maximum atomic E-state index is 11.1. The van der Waals surface area contributed by atoms with Gasteiger partial charge in [0.05, 0.1) is 23.0 Å². The minimum atomic E-state index is -0.935. The Labute approximate surface area is 118 Å². The van der Waals surface area contributed by atoms with E-state index in [0.29, 0.717) is 11.6 Å². The molecule has 5 nitrogen and oxygen atoms in total. The Morgan fingerprint density at radius 3 is 3.16 bits per heavy atom. The predicted octanol–water partition coefficient (Wildman–Crippen LogP) is 3.05. The summed E-state index contributed by atoms with van der Waals surface area (Å²) in [5.74, 6) is -0.935. The number of fused-ring (bicyclic) bond motifs is 3. The minimum Gasteiger partial charge on any atom is -0.477 e. The molecule has 1 atom stereocenters. The summed E-state index contributed by atoms with van der Waals surface area (Å²) in [6.45, 7) is 0.699. The van der Waals surface area contributed by atoms with Gasteiger partial charge in [0.25, 0.3) is 0 Å². The van der Waals surface area contributed by atoms with Crippen LogP contribution in [0, 0.1) is 0 Å². The highest BCUT2D eigenvalue weighted by Gasteiger charge is 2.28. The summed E-state index contributed by atoms with van der Waals surface area (Å²) in [6.07, 6.45) is 2.21. The zero-order valence-corrected chi connectivity index (χ0v) is 11.7. The summed E-state index contributed by atoms with van der Waals surface area (Å²) < 4.78 is 7.27. The van der Waals surface area contributed by atoms with Crippen LogP contribution in [0.2, 0.25) is 5.02 Å². The number of hydrogen-bond acceptors (Lipinski definition) is 4. The van der Waals surface area contributed by atoms with Crippen molar-refractivity contribution in [2.75, 3.05) is 7.11 Å². The number of nitrogens with zero attached hydrogens (tertiary/aromatic N) is 2. The molecule has 1 N–H and O–H groups in total. The molecule has 0 saturated heterocycles. The molecule has 19 heavy (non-hydrogen) atoms. The molecule has 0 fully saturated rings. The van der Waals surface area contributed by atoms with Gasteiger partial charge in [0.1, 0.15) is 4.88 Å². The molecule has 1 aliphatic rings. The number of aromatic nitrogens is 2. The standard InChI is InChI=1S/C12H11ClN2O3S/c1-18-8-2-3-15-10(7(13)5-14-15)6-4-9(12(16)17)19-11(6)8/h4-5,8H,2-3H2,1H3,(H,16,17). The molecule has 3 heterocycles. The van der Waals surface area contributed by atoms with Crippen LogP contribution in [-0.4, -0.2) is 28.0 Å². The largest absolute Gasteiger partial charge is 0.477 e. The molecule has 2 aromatic rings. The van der Waals surface area contributed by atoms with Gasteiger partial charge in [-0.05, 0) is 12.5 Å². The van der Waals surface area contributed by atoms with Gasteiger partial charge in [-0.3, -0.25) is 4.68 Å². The molecular formula is C12H11ClN2O3S. The van der Waals surface area contributed by atoms with Gasteiger partial charge in [-0.15, -0.1) is 11.3 Å².